The molecule has 1 aromatic heterocycles. The van der Waals surface area contributed by atoms with Gasteiger partial charge >= 0.3 is 17.6 Å². The number of carbonyl (C=O) groups excluding carboxylic acids is 1. The number of rotatable bonds is 10. The summed E-state index contributed by atoms with van der Waals surface area (Å²) in [6.07, 6.45) is 0.735. The number of nitrogens with zero attached hydrogens (tertiary/aromatic N) is 3. The summed E-state index contributed by atoms with van der Waals surface area (Å²) in [4.78, 5) is 37.7. The Hall–Kier alpha value is -3.33. The first-order valence-electron chi connectivity index (χ1n) is 12.3. The van der Waals surface area contributed by atoms with Gasteiger partial charge in [-0.25, -0.2) is 14.3 Å². The molecule has 37 heavy (non-hydrogen) atoms. The van der Waals surface area contributed by atoms with Gasteiger partial charge in [0.15, 0.2) is 12.4 Å². The van der Waals surface area contributed by atoms with E-state index in [1.807, 2.05) is 19.1 Å². The molecule has 2 aromatic carbocycles. The molecule has 0 aliphatic heterocycles. The number of thioether (sulfide) groups is 1. The summed E-state index contributed by atoms with van der Waals surface area (Å²) in [5, 5.41) is 13.8. The van der Waals surface area contributed by atoms with E-state index in [0.29, 0.717) is 24.5 Å². The van der Waals surface area contributed by atoms with Crippen molar-refractivity contribution in [2.24, 2.45) is 0 Å². The van der Waals surface area contributed by atoms with Crippen molar-refractivity contribution < 1.29 is 19.4 Å². The maximum absolute atomic E-state index is 13.0. The number of carboxylic acid groups (broad SMARTS) is 1. The van der Waals surface area contributed by atoms with Gasteiger partial charge in [0.25, 0.3) is 0 Å². The number of benzene rings is 2. The van der Waals surface area contributed by atoms with Crippen LogP contribution in [0, 0.1) is 0 Å². The number of esters is 1. The van der Waals surface area contributed by atoms with Crippen LogP contribution in [0.2, 0.25) is 0 Å². The number of ether oxygens (including phenoxy) is 1. The minimum Gasteiger partial charge on any atom is -0.480 e. The molecule has 198 valence electrons. The molecule has 0 spiro atoms. The van der Waals surface area contributed by atoms with Gasteiger partial charge in [-0.1, -0.05) is 52.0 Å². The minimum atomic E-state index is -0.988. The lowest BCUT2D eigenvalue weighted by Gasteiger charge is -2.19. The van der Waals surface area contributed by atoms with E-state index in [9.17, 15) is 19.5 Å². The van der Waals surface area contributed by atoms with Crippen LogP contribution in [0.5, 0.6) is 0 Å². The van der Waals surface area contributed by atoms with Crippen LogP contribution in [0.1, 0.15) is 75.3 Å². The highest BCUT2D eigenvalue weighted by Crippen LogP contribution is 2.32. The number of hydrogen-bond acceptors (Lipinski definition) is 6. The molecule has 0 aliphatic rings. The van der Waals surface area contributed by atoms with E-state index in [4.69, 9.17) is 4.74 Å². The van der Waals surface area contributed by atoms with E-state index in [-0.39, 0.29) is 17.7 Å². The Bertz CT molecular complexity index is 1300. The first kappa shape index (κ1) is 28.2. The molecular weight excluding hydrogens is 490 g/mol. The van der Waals surface area contributed by atoms with E-state index in [1.54, 1.807) is 42.7 Å². The fourth-order valence-electron chi connectivity index (χ4n) is 3.64. The standard InChI is InChI=1S/C28H35N3O5S/c1-7-16-30-23(29-31(26(30)35)17-19-8-12-21(13-9-19)27(2,3)4)18-36-24(32)20-10-14-22(15-11-20)37-28(5,6)25(33)34/h8-15H,7,16-18H2,1-6H3,(H,33,34). The second kappa shape index (κ2) is 11.4. The SMILES string of the molecule is CCCn1c(COC(=O)c2ccc(SC(C)(C)C(=O)O)cc2)nn(Cc2ccc(C(C)(C)C)cc2)c1=O. The quantitative estimate of drug-likeness (QED) is 0.290. The van der Waals surface area contributed by atoms with Crippen LogP contribution >= 0.6 is 11.8 Å². The van der Waals surface area contributed by atoms with Crippen LogP contribution in [-0.2, 0) is 34.6 Å². The van der Waals surface area contributed by atoms with Gasteiger partial charge in [0.1, 0.15) is 4.75 Å². The number of hydrogen-bond donors (Lipinski definition) is 1. The van der Waals surface area contributed by atoms with Crippen molar-refractivity contribution in [1.82, 2.24) is 14.3 Å². The monoisotopic (exact) mass is 525 g/mol. The predicted molar refractivity (Wildman–Crippen MR) is 144 cm³/mol. The third-order valence-corrected chi connectivity index (χ3v) is 7.10. The first-order valence-corrected chi connectivity index (χ1v) is 13.1. The van der Waals surface area contributed by atoms with Crippen molar-refractivity contribution in [3.8, 4) is 0 Å². The third kappa shape index (κ3) is 7.13. The zero-order chi connectivity index (χ0) is 27.4. The number of aliphatic carboxylic acids is 1. The van der Waals surface area contributed by atoms with Gasteiger partial charge in [0.05, 0.1) is 12.1 Å². The molecule has 0 saturated carbocycles. The highest BCUT2D eigenvalue weighted by atomic mass is 32.2. The molecule has 0 bridgehead atoms. The maximum Gasteiger partial charge on any atom is 0.346 e. The zero-order valence-corrected chi connectivity index (χ0v) is 23.1. The summed E-state index contributed by atoms with van der Waals surface area (Å²) in [5.74, 6) is -1.07. The summed E-state index contributed by atoms with van der Waals surface area (Å²) in [6, 6.07) is 14.7. The molecule has 3 aromatic rings. The van der Waals surface area contributed by atoms with Crippen molar-refractivity contribution in [2.75, 3.05) is 0 Å². The summed E-state index contributed by atoms with van der Waals surface area (Å²) >= 11 is 1.20. The molecule has 1 N–H and O–H groups in total. The molecule has 0 amide bonds. The Kier molecular flexibility index (Phi) is 8.68. The van der Waals surface area contributed by atoms with E-state index in [2.05, 4.69) is 38.0 Å². The second-order valence-electron chi connectivity index (χ2n) is 10.5. The van der Waals surface area contributed by atoms with Crippen LogP contribution in [0.25, 0.3) is 0 Å². The highest BCUT2D eigenvalue weighted by Gasteiger charge is 2.28. The number of aromatic nitrogens is 3. The van der Waals surface area contributed by atoms with E-state index >= 15 is 0 Å². The molecule has 0 radical (unpaired) electrons. The lowest BCUT2D eigenvalue weighted by atomic mass is 9.87. The average Bonchev–Trinajstić information content (AvgIpc) is 3.12. The largest absolute Gasteiger partial charge is 0.480 e. The van der Waals surface area contributed by atoms with Crippen molar-refractivity contribution in [3.05, 3.63) is 81.5 Å². The predicted octanol–water partition coefficient (Wildman–Crippen LogP) is 5.11. The smallest absolute Gasteiger partial charge is 0.346 e. The van der Waals surface area contributed by atoms with Crippen LogP contribution in [-0.4, -0.2) is 36.1 Å². The lowest BCUT2D eigenvalue weighted by molar-refractivity contribution is -0.138. The van der Waals surface area contributed by atoms with Gasteiger partial charge in [-0.15, -0.1) is 11.8 Å². The molecule has 1 heterocycles. The van der Waals surface area contributed by atoms with Crippen molar-refractivity contribution in [2.45, 2.75) is 82.7 Å². The fourth-order valence-corrected chi connectivity index (χ4v) is 4.59. The van der Waals surface area contributed by atoms with Crippen LogP contribution in [0.15, 0.2) is 58.2 Å². The molecule has 0 atom stereocenters. The van der Waals surface area contributed by atoms with Gasteiger partial charge in [0.2, 0.25) is 0 Å². The molecular formula is C28H35N3O5S. The minimum absolute atomic E-state index is 0.0450. The van der Waals surface area contributed by atoms with Crippen LogP contribution < -0.4 is 5.69 Å². The van der Waals surface area contributed by atoms with Gasteiger partial charge in [-0.2, -0.15) is 5.10 Å². The topological polar surface area (TPSA) is 103 Å². The van der Waals surface area contributed by atoms with Gasteiger partial charge in [-0.3, -0.25) is 9.36 Å². The lowest BCUT2D eigenvalue weighted by Crippen LogP contribution is -2.26. The van der Waals surface area contributed by atoms with E-state index < -0.39 is 16.7 Å². The van der Waals surface area contributed by atoms with Crippen molar-refractivity contribution in [3.63, 3.8) is 0 Å². The van der Waals surface area contributed by atoms with Gasteiger partial charge in [-0.05, 0) is 61.1 Å². The summed E-state index contributed by atoms with van der Waals surface area (Å²) in [6.45, 7) is 12.3. The van der Waals surface area contributed by atoms with Crippen molar-refractivity contribution in [1.29, 1.82) is 0 Å². The maximum atomic E-state index is 13.0. The molecule has 0 saturated heterocycles. The van der Waals surface area contributed by atoms with E-state index in [0.717, 1.165) is 16.9 Å². The molecule has 0 aliphatic carbocycles. The summed E-state index contributed by atoms with van der Waals surface area (Å²) in [5.41, 5.74) is 2.31. The third-order valence-electron chi connectivity index (χ3n) is 5.91. The van der Waals surface area contributed by atoms with Gasteiger partial charge in [0, 0.05) is 11.4 Å². The fraction of sp³-hybridized carbons (Fsp3) is 0.429. The summed E-state index contributed by atoms with van der Waals surface area (Å²) in [7, 11) is 0. The molecule has 0 fully saturated rings. The number of carboxylic acids is 1. The highest BCUT2D eigenvalue weighted by molar-refractivity contribution is 8.01. The average molecular weight is 526 g/mol. The molecule has 0 unspecified atom stereocenters. The van der Waals surface area contributed by atoms with E-state index in [1.165, 1.54) is 22.0 Å². The normalized spacial score (nSPS) is 11.9. The zero-order valence-electron chi connectivity index (χ0n) is 22.3. The summed E-state index contributed by atoms with van der Waals surface area (Å²) < 4.78 is 7.44. The molecule has 8 nitrogen and oxygen atoms in total. The van der Waals surface area contributed by atoms with Crippen LogP contribution in [0.4, 0.5) is 0 Å². The molecule has 9 heteroatoms. The Morgan fingerprint density at radius 1 is 1.00 bits per heavy atom. The van der Waals surface area contributed by atoms with Crippen molar-refractivity contribution >= 4 is 23.7 Å². The molecule has 3 rings (SSSR count). The Labute approximate surface area is 221 Å². The Morgan fingerprint density at radius 2 is 1.62 bits per heavy atom. The van der Waals surface area contributed by atoms with Gasteiger partial charge < -0.3 is 9.84 Å². The number of carbonyl (C=O) groups is 2. The first-order chi connectivity index (χ1) is 17.3. The van der Waals surface area contributed by atoms with Crippen LogP contribution in [0.3, 0.4) is 0 Å². The Morgan fingerprint density at radius 3 is 2.16 bits per heavy atom. The Balaban J connectivity index is 1.71. The second-order valence-corrected chi connectivity index (χ2v) is 12.2.